The lowest BCUT2D eigenvalue weighted by Gasteiger charge is -2.42. The van der Waals surface area contributed by atoms with Crippen molar-refractivity contribution in [1.82, 2.24) is 4.90 Å². The second-order valence-electron chi connectivity index (χ2n) is 4.27. The molecule has 0 radical (unpaired) electrons. The zero-order valence-electron chi connectivity index (χ0n) is 10.6. The molecule has 0 aliphatic carbocycles. The predicted octanol–water partition coefficient (Wildman–Crippen LogP) is 1.37. The molecule has 0 aromatic heterocycles. The van der Waals surface area contributed by atoms with Crippen LogP contribution in [-0.4, -0.2) is 33.9 Å². The number of unbranched alkanes of at least 4 members (excludes halogenated alkanes) is 1. The Morgan fingerprint density at radius 2 is 2.26 bits per heavy atom. The molecule has 2 aliphatic rings. The van der Waals surface area contributed by atoms with E-state index in [1.54, 1.807) is 17.8 Å². The molecule has 1 atom stereocenters. The molecular weight excluding hydrogens is 270 g/mol. The first-order chi connectivity index (χ1) is 9.13. The van der Waals surface area contributed by atoms with E-state index in [4.69, 9.17) is 0 Å². The van der Waals surface area contributed by atoms with Gasteiger partial charge in [0.05, 0.1) is 18.2 Å². The van der Waals surface area contributed by atoms with Crippen LogP contribution in [0.3, 0.4) is 0 Å². The van der Waals surface area contributed by atoms with Crippen molar-refractivity contribution in [2.75, 3.05) is 5.75 Å². The van der Waals surface area contributed by atoms with Crippen LogP contribution in [0.5, 0.6) is 0 Å². The molecule has 2 rings (SSSR count). The number of thioether (sulfide) groups is 1. The summed E-state index contributed by atoms with van der Waals surface area (Å²) in [4.78, 5) is 44.7. The topological polar surface area (TPSA) is 72.9 Å². The van der Waals surface area contributed by atoms with E-state index < -0.39 is 11.9 Å². The average molecular weight is 285 g/mol. The molecule has 104 valence electrons. The lowest BCUT2D eigenvalue weighted by molar-refractivity contribution is -0.257. The highest BCUT2D eigenvalue weighted by molar-refractivity contribution is 8.00. The van der Waals surface area contributed by atoms with Gasteiger partial charge in [0.2, 0.25) is 5.91 Å². The van der Waals surface area contributed by atoms with Gasteiger partial charge in [-0.1, -0.05) is 13.3 Å². The third-order valence-electron chi connectivity index (χ3n) is 2.88. The smallest absolute Gasteiger partial charge is 0.293 e. The molecule has 0 aromatic rings. The number of fused-ring (bicyclic) bond motifs is 1. The Kier molecular flexibility index (Phi) is 4.47. The largest absolute Gasteiger partial charge is 0.402 e. The maximum absolute atomic E-state index is 11.7. The van der Waals surface area contributed by atoms with E-state index in [1.807, 2.05) is 6.92 Å². The van der Waals surface area contributed by atoms with Crippen molar-refractivity contribution in [3.05, 3.63) is 11.8 Å². The summed E-state index contributed by atoms with van der Waals surface area (Å²) in [5.41, 5.74) is 0.170. The van der Waals surface area contributed by atoms with E-state index in [1.165, 1.54) is 4.90 Å². The lowest BCUT2D eigenvalue weighted by Crippen LogP contribution is -2.53. The highest BCUT2D eigenvalue weighted by atomic mass is 32.2. The third kappa shape index (κ3) is 3.09. The van der Waals surface area contributed by atoms with E-state index in [-0.39, 0.29) is 23.4 Å². The second-order valence-corrected chi connectivity index (χ2v) is 5.49. The monoisotopic (exact) mass is 285 g/mol. The molecule has 0 N–H and O–H groups in total. The molecule has 7 heteroatoms. The minimum atomic E-state index is -0.789. The highest BCUT2D eigenvalue weighted by Crippen LogP contribution is 2.37. The van der Waals surface area contributed by atoms with Gasteiger partial charge in [0.1, 0.15) is 5.70 Å². The molecule has 1 saturated heterocycles. The van der Waals surface area contributed by atoms with Crippen molar-refractivity contribution in [3.8, 4) is 0 Å². The van der Waals surface area contributed by atoms with Gasteiger partial charge in [0.25, 0.3) is 0 Å². The van der Waals surface area contributed by atoms with Crippen LogP contribution in [0.4, 0.5) is 0 Å². The quantitative estimate of drug-likeness (QED) is 0.441. The standard InChI is InChI=1S/C12H15NO5S/c1-2-3-4-11(15)17-18-12(16)8-5-6-19-10-7-9(14)13(8)10/h5,10H,2-4,6-7H2,1H3/t10-/m1/s1. The van der Waals surface area contributed by atoms with Gasteiger partial charge >= 0.3 is 11.9 Å². The van der Waals surface area contributed by atoms with Gasteiger partial charge in [-0.05, 0) is 12.5 Å². The summed E-state index contributed by atoms with van der Waals surface area (Å²) in [5, 5.41) is 0.0100. The predicted molar refractivity (Wildman–Crippen MR) is 67.5 cm³/mol. The Morgan fingerprint density at radius 3 is 2.95 bits per heavy atom. The van der Waals surface area contributed by atoms with E-state index >= 15 is 0 Å². The molecule has 0 spiro atoms. The molecule has 1 amide bonds. The molecular formula is C12H15NO5S. The van der Waals surface area contributed by atoms with Crippen molar-refractivity contribution in [1.29, 1.82) is 0 Å². The maximum atomic E-state index is 11.7. The number of carbonyl (C=O) groups is 3. The van der Waals surface area contributed by atoms with Gasteiger partial charge < -0.3 is 0 Å². The Bertz CT molecular complexity index is 434. The minimum Gasteiger partial charge on any atom is -0.293 e. The van der Waals surface area contributed by atoms with Crippen LogP contribution in [0.1, 0.15) is 32.6 Å². The van der Waals surface area contributed by atoms with Gasteiger partial charge in [-0.3, -0.25) is 9.69 Å². The number of hydrogen-bond donors (Lipinski definition) is 0. The Balaban J connectivity index is 1.84. The van der Waals surface area contributed by atoms with Crippen molar-refractivity contribution in [2.24, 2.45) is 0 Å². The summed E-state index contributed by atoms with van der Waals surface area (Å²) in [6.45, 7) is 1.94. The number of amides is 1. The fraction of sp³-hybridized carbons (Fsp3) is 0.583. The molecule has 0 bridgehead atoms. The van der Waals surface area contributed by atoms with Gasteiger partial charge in [-0.2, -0.15) is 0 Å². The average Bonchev–Trinajstić information content (AvgIpc) is 2.40. The van der Waals surface area contributed by atoms with Gasteiger partial charge in [-0.15, -0.1) is 11.8 Å². The van der Waals surface area contributed by atoms with Gasteiger partial charge in [0.15, 0.2) is 0 Å². The molecule has 2 aliphatic heterocycles. The van der Waals surface area contributed by atoms with Crippen molar-refractivity contribution in [3.63, 3.8) is 0 Å². The number of β-lactam (4-membered cyclic amide) rings is 1. The fourth-order valence-electron chi connectivity index (χ4n) is 1.82. The van der Waals surface area contributed by atoms with Crippen LogP contribution < -0.4 is 0 Å². The summed E-state index contributed by atoms with van der Waals surface area (Å²) in [6, 6.07) is 0. The van der Waals surface area contributed by atoms with E-state index in [0.29, 0.717) is 18.6 Å². The zero-order chi connectivity index (χ0) is 13.8. The summed E-state index contributed by atoms with van der Waals surface area (Å²) < 4.78 is 0. The lowest BCUT2D eigenvalue weighted by atomic mass is 10.1. The van der Waals surface area contributed by atoms with Crippen LogP contribution in [0, 0.1) is 0 Å². The maximum Gasteiger partial charge on any atom is 0.402 e. The second kappa shape index (κ2) is 6.10. The molecule has 0 unspecified atom stereocenters. The zero-order valence-corrected chi connectivity index (χ0v) is 11.4. The SMILES string of the molecule is CCCCC(=O)OOC(=O)C1=CCS[C@@H]2CC(=O)N12. The first-order valence-electron chi connectivity index (χ1n) is 6.19. The summed E-state index contributed by atoms with van der Waals surface area (Å²) in [7, 11) is 0. The molecule has 0 aromatic carbocycles. The van der Waals surface area contributed by atoms with Crippen LogP contribution in [0.2, 0.25) is 0 Å². The molecule has 0 saturated carbocycles. The number of nitrogens with zero attached hydrogens (tertiary/aromatic N) is 1. The van der Waals surface area contributed by atoms with Crippen LogP contribution >= 0.6 is 11.8 Å². The van der Waals surface area contributed by atoms with E-state index in [0.717, 1.165) is 6.42 Å². The normalized spacial score (nSPS) is 21.1. The molecule has 1 fully saturated rings. The Morgan fingerprint density at radius 1 is 1.47 bits per heavy atom. The highest BCUT2D eigenvalue weighted by Gasteiger charge is 2.43. The first-order valence-corrected chi connectivity index (χ1v) is 7.24. The minimum absolute atomic E-state index is 0.0100. The van der Waals surface area contributed by atoms with Crippen molar-refractivity contribution in [2.45, 2.75) is 38.0 Å². The number of rotatable bonds is 4. The third-order valence-corrected chi connectivity index (χ3v) is 4.01. The number of carbonyl (C=O) groups excluding carboxylic acids is 3. The number of hydrogen-bond acceptors (Lipinski definition) is 6. The van der Waals surface area contributed by atoms with E-state index in [9.17, 15) is 14.4 Å². The summed E-state index contributed by atoms with van der Waals surface area (Å²) in [5.74, 6) is -0.837. The molecule has 19 heavy (non-hydrogen) atoms. The Labute approximate surface area is 115 Å². The summed E-state index contributed by atoms with van der Waals surface area (Å²) >= 11 is 1.59. The van der Waals surface area contributed by atoms with Crippen molar-refractivity contribution >= 4 is 29.6 Å². The molecule has 6 nitrogen and oxygen atoms in total. The summed E-state index contributed by atoms with van der Waals surface area (Å²) in [6.07, 6.45) is 3.80. The fourth-order valence-corrected chi connectivity index (χ4v) is 2.93. The van der Waals surface area contributed by atoms with Gasteiger partial charge in [0, 0.05) is 5.75 Å². The van der Waals surface area contributed by atoms with Crippen LogP contribution in [0.25, 0.3) is 0 Å². The van der Waals surface area contributed by atoms with Crippen LogP contribution in [0.15, 0.2) is 11.8 Å². The Hall–Kier alpha value is -1.50. The van der Waals surface area contributed by atoms with E-state index in [2.05, 4.69) is 9.78 Å². The van der Waals surface area contributed by atoms with Crippen molar-refractivity contribution < 1.29 is 24.2 Å². The molecule has 2 heterocycles. The van der Waals surface area contributed by atoms with Gasteiger partial charge in [-0.25, -0.2) is 19.4 Å². The van der Waals surface area contributed by atoms with Crippen LogP contribution in [-0.2, 0) is 24.2 Å². The first kappa shape index (κ1) is 13.9.